The van der Waals surface area contributed by atoms with E-state index >= 15 is 0 Å². The summed E-state index contributed by atoms with van der Waals surface area (Å²) in [6, 6.07) is 2.04. The Kier molecular flexibility index (Phi) is 6.89. The van der Waals surface area contributed by atoms with Gasteiger partial charge < -0.3 is 15.5 Å². The summed E-state index contributed by atoms with van der Waals surface area (Å²) in [6.45, 7) is 3.50. The second-order valence-electron chi connectivity index (χ2n) is 7.31. The van der Waals surface area contributed by atoms with Gasteiger partial charge in [0.05, 0.1) is 11.9 Å². The maximum absolute atomic E-state index is 12.0. The van der Waals surface area contributed by atoms with Crippen LogP contribution in [-0.2, 0) is 4.79 Å². The Morgan fingerprint density at radius 1 is 1.12 bits per heavy atom. The Bertz CT molecular complexity index is 538. The normalized spacial score (nSPS) is 18.3. The molecule has 0 bridgehead atoms. The van der Waals surface area contributed by atoms with Crippen molar-refractivity contribution in [1.29, 1.82) is 0 Å². The summed E-state index contributed by atoms with van der Waals surface area (Å²) >= 11 is 0. The van der Waals surface area contributed by atoms with Gasteiger partial charge in [-0.25, -0.2) is 0 Å². The molecular weight excluding hydrogens is 314 g/mol. The highest BCUT2D eigenvalue weighted by Crippen LogP contribution is 2.27. The third-order valence-electron chi connectivity index (χ3n) is 5.37. The Hall–Kier alpha value is -1.85. The predicted molar refractivity (Wildman–Crippen MR) is 101 cm³/mol. The van der Waals surface area contributed by atoms with E-state index in [1.165, 1.54) is 44.9 Å². The predicted octanol–water partition coefficient (Wildman–Crippen LogP) is 2.97. The molecular formula is C19H31N5O. The van der Waals surface area contributed by atoms with Crippen molar-refractivity contribution in [2.75, 3.05) is 36.4 Å². The molecule has 2 heterocycles. The molecule has 6 nitrogen and oxygen atoms in total. The van der Waals surface area contributed by atoms with Gasteiger partial charge in [0.1, 0.15) is 0 Å². The molecule has 0 unspecified atom stereocenters. The van der Waals surface area contributed by atoms with Crippen LogP contribution >= 0.6 is 0 Å². The largest absolute Gasteiger partial charge is 0.370 e. The molecule has 0 aromatic carbocycles. The van der Waals surface area contributed by atoms with E-state index in [1.54, 1.807) is 0 Å². The van der Waals surface area contributed by atoms with Crippen molar-refractivity contribution in [3.63, 3.8) is 0 Å². The van der Waals surface area contributed by atoms with Crippen LogP contribution in [0.15, 0.2) is 12.3 Å². The molecule has 1 aliphatic heterocycles. The molecule has 25 heavy (non-hydrogen) atoms. The van der Waals surface area contributed by atoms with Gasteiger partial charge in [0.15, 0.2) is 5.82 Å². The number of nitrogens with one attached hydrogen (secondary N) is 2. The third-order valence-corrected chi connectivity index (χ3v) is 5.37. The highest BCUT2D eigenvalue weighted by Gasteiger charge is 2.15. The topological polar surface area (TPSA) is 70.2 Å². The lowest BCUT2D eigenvalue weighted by atomic mass is 9.86. The van der Waals surface area contributed by atoms with Crippen LogP contribution in [-0.4, -0.2) is 42.3 Å². The standard InChI is InChI=1S/C19H31N5O/c25-19(9-8-16-6-2-1-3-7-16)21-11-10-20-18-14-17(15-22-23-18)24-12-4-5-13-24/h14-16H,1-13H2,(H,20,23)(H,21,25). The molecule has 1 aliphatic carbocycles. The van der Waals surface area contributed by atoms with Crippen LogP contribution in [0.25, 0.3) is 0 Å². The lowest BCUT2D eigenvalue weighted by molar-refractivity contribution is -0.121. The number of aromatic nitrogens is 2. The van der Waals surface area contributed by atoms with Gasteiger partial charge in [-0.1, -0.05) is 32.1 Å². The van der Waals surface area contributed by atoms with E-state index in [1.807, 2.05) is 12.3 Å². The second kappa shape index (κ2) is 9.59. The fourth-order valence-electron chi connectivity index (χ4n) is 3.88. The number of amides is 1. The zero-order valence-corrected chi connectivity index (χ0v) is 15.2. The monoisotopic (exact) mass is 345 g/mol. The van der Waals surface area contributed by atoms with E-state index in [4.69, 9.17) is 0 Å². The van der Waals surface area contributed by atoms with E-state index in [9.17, 15) is 4.79 Å². The summed E-state index contributed by atoms with van der Waals surface area (Å²) in [5.41, 5.74) is 1.13. The summed E-state index contributed by atoms with van der Waals surface area (Å²) in [4.78, 5) is 14.3. The molecule has 0 spiro atoms. The lowest BCUT2D eigenvalue weighted by Crippen LogP contribution is -2.29. The van der Waals surface area contributed by atoms with Crippen molar-refractivity contribution in [2.24, 2.45) is 5.92 Å². The number of hydrogen-bond acceptors (Lipinski definition) is 5. The Labute approximate surface area is 150 Å². The van der Waals surface area contributed by atoms with E-state index in [2.05, 4.69) is 25.7 Å². The average molecular weight is 345 g/mol. The maximum Gasteiger partial charge on any atom is 0.220 e. The molecule has 1 saturated heterocycles. The third kappa shape index (κ3) is 5.87. The van der Waals surface area contributed by atoms with Crippen LogP contribution in [0.1, 0.15) is 57.8 Å². The first kappa shape index (κ1) is 18.0. The molecule has 1 aromatic heterocycles. The smallest absolute Gasteiger partial charge is 0.220 e. The van der Waals surface area contributed by atoms with Crippen LogP contribution in [0.3, 0.4) is 0 Å². The molecule has 0 atom stereocenters. The number of anilines is 2. The number of rotatable bonds is 8. The molecule has 3 rings (SSSR count). The molecule has 2 aliphatic rings. The molecule has 1 amide bonds. The average Bonchev–Trinajstić information content (AvgIpc) is 3.19. The van der Waals surface area contributed by atoms with Crippen molar-refractivity contribution in [3.05, 3.63) is 12.3 Å². The van der Waals surface area contributed by atoms with Gasteiger partial charge in [-0.2, -0.15) is 5.10 Å². The first-order valence-corrected chi connectivity index (χ1v) is 9.89. The van der Waals surface area contributed by atoms with Gasteiger partial charge in [0.25, 0.3) is 0 Å². The molecule has 2 N–H and O–H groups in total. The Morgan fingerprint density at radius 3 is 2.72 bits per heavy atom. The van der Waals surface area contributed by atoms with Crippen LogP contribution in [0, 0.1) is 5.92 Å². The van der Waals surface area contributed by atoms with Crippen molar-refractivity contribution in [3.8, 4) is 0 Å². The molecule has 1 aromatic rings. The van der Waals surface area contributed by atoms with E-state index in [-0.39, 0.29) is 5.91 Å². The summed E-state index contributed by atoms with van der Waals surface area (Å²) in [6.07, 6.45) is 12.7. The van der Waals surface area contributed by atoms with E-state index in [0.29, 0.717) is 19.5 Å². The van der Waals surface area contributed by atoms with Crippen LogP contribution in [0.4, 0.5) is 11.5 Å². The Morgan fingerprint density at radius 2 is 1.92 bits per heavy atom. The van der Waals surface area contributed by atoms with Gasteiger partial charge in [-0.05, 0) is 25.2 Å². The number of hydrogen-bond donors (Lipinski definition) is 2. The molecule has 1 saturated carbocycles. The summed E-state index contributed by atoms with van der Waals surface area (Å²) in [7, 11) is 0. The molecule has 0 radical (unpaired) electrons. The minimum absolute atomic E-state index is 0.171. The number of carbonyl (C=O) groups excluding carboxylic acids is 1. The van der Waals surface area contributed by atoms with Crippen molar-refractivity contribution in [1.82, 2.24) is 15.5 Å². The molecule has 138 valence electrons. The van der Waals surface area contributed by atoms with Crippen LogP contribution < -0.4 is 15.5 Å². The first-order valence-electron chi connectivity index (χ1n) is 9.89. The van der Waals surface area contributed by atoms with Crippen molar-refractivity contribution < 1.29 is 4.79 Å². The van der Waals surface area contributed by atoms with Gasteiger partial charge in [-0.3, -0.25) is 4.79 Å². The number of carbonyl (C=O) groups is 1. The van der Waals surface area contributed by atoms with Gasteiger partial charge in [0, 0.05) is 38.7 Å². The van der Waals surface area contributed by atoms with E-state index in [0.717, 1.165) is 36.9 Å². The van der Waals surface area contributed by atoms with Crippen LogP contribution in [0.2, 0.25) is 0 Å². The van der Waals surface area contributed by atoms with Gasteiger partial charge >= 0.3 is 0 Å². The lowest BCUT2D eigenvalue weighted by Gasteiger charge is -2.21. The highest BCUT2D eigenvalue weighted by molar-refractivity contribution is 5.75. The SMILES string of the molecule is O=C(CCC1CCCCC1)NCCNc1cc(N2CCCC2)cnn1. The van der Waals surface area contributed by atoms with Crippen LogP contribution in [0.5, 0.6) is 0 Å². The minimum Gasteiger partial charge on any atom is -0.370 e. The highest BCUT2D eigenvalue weighted by atomic mass is 16.1. The second-order valence-corrected chi connectivity index (χ2v) is 7.31. The maximum atomic E-state index is 12.0. The first-order chi connectivity index (χ1) is 12.3. The van der Waals surface area contributed by atoms with Gasteiger partial charge in [-0.15, -0.1) is 5.10 Å². The summed E-state index contributed by atoms with van der Waals surface area (Å²) in [5.74, 6) is 1.71. The number of nitrogens with zero attached hydrogens (tertiary/aromatic N) is 3. The zero-order chi connectivity index (χ0) is 17.3. The summed E-state index contributed by atoms with van der Waals surface area (Å²) < 4.78 is 0. The Balaban J connectivity index is 1.31. The summed E-state index contributed by atoms with van der Waals surface area (Å²) in [5, 5.41) is 14.5. The minimum atomic E-state index is 0.171. The quantitative estimate of drug-likeness (QED) is 0.709. The molecule has 6 heteroatoms. The van der Waals surface area contributed by atoms with Gasteiger partial charge in [0.2, 0.25) is 5.91 Å². The fraction of sp³-hybridized carbons (Fsp3) is 0.737. The van der Waals surface area contributed by atoms with Crippen molar-refractivity contribution in [2.45, 2.75) is 57.8 Å². The molecule has 2 fully saturated rings. The van der Waals surface area contributed by atoms with E-state index < -0.39 is 0 Å². The fourth-order valence-corrected chi connectivity index (χ4v) is 3.88. The van der Waals surface area contributed by atoms with Crippen molar-refractivity contribution >= 4 is 17.4 Å². The zero-order valence-electron chi connectivity index (χ0n) is 15.2.